The van der Waals surface area contributed by atoms with Gasteiger partial charge in [-0.25, -0.2) is 4.79 Å². The summed E-state index contributed by atoms with van der Waals surface area (Å²) in [5.74, 6) is -0.509. The van der Waals surface area contributed by atoms with E-state index in [4.69, 9.17) is 4.74 Å². The first-order valence-corrected chi connectivity index (χ1v) is 8.53. The molecule has 0 atom stereocenters. The number of nitrogens with zero attached hydrogens (tertiary/aromatic N) is 1. The topological polar surface area (TPSA) is 46.6 Å². The normalized spacial score (nSPS) is 10.1. The number of esters is 1. The molecule has 2 aromatic carbocycles. The van der Waals surface area contributed by atoms with Crippen molar-refractivity contribution in [1.82, 2.24) is 0 Å². The fraction of sp³-hybridized carbons (Fsp3) is 0.158. The van der Waals surface area contributed by atoms with E-state index in [1.54, 1.807) is 49.2 Å². The van der Waals surface area contributed by atoms with Crippen molar-refractivity contribution >= 4 is 46.2 Å². The summed E-state index contributed by atoms with van der Waals surface area (Å²) < 4.78 is 5.89. The van der Waals surface area contributed by atoms with E-state index in [0.717, 1.165) is 3.57 Å². The van der Waals surface area contributed by atoms with Crippen LogP contribution in [0.4, 0.5) is 5.69 Å². The maximum atomic E-state index is 12.8. The molecule has 0 aliphatic carbocycles. The molecule has 0 unspecified atom stereocenters. The number of rotatable bonds is 5. The molecule has 2 aromatic rings. The highest BCUT2D eigenvalue weighted by atomic mass is 127. The summed E-state index contributed by atoms with van der Waals surface area (Å²) in [6.45, 7) is 5.85. The minimum atomic E-state index is -0.390. The lowest BCUT2D eigenvalue weighted by Gasteiger charge is -2.21. The van der Waals surface area contributed by atoms with Gasteiger partial charge in [0.15, 0.2) is 0 Å². The average Bonchev–Trinajstić information content (AvgIpc) is 2.60. The van der Waals surface area contributed by atoms with Crippen molar-refractivity contribution in [2.24, 2.45) is 0 Å². The molecular weight excluding hydrogens is 417 g/mol. The molecule has 1 amide bonds. The number of hydrogen-bond acceptors (Lipinski definition) is 3. The lowest BCUT2D eigenvalue weighted by molar-refractivity contribution is 0.0526. The summed E-state index contributed by atoms with van der Waals surface area (Å²) in [6.07, 6.45) is 1.62. The number of carbonyl (C=O) groups excluding carboxylic acids is 2. The van der Waals surface area contributed by atoms with Crippen LogP contribution in [-0.2, 0) is 4.74 Å². The Morgan fingerprint density at radius 2 is 1.96 bits per heavy atom. The molecule has 0 aromatic heterocycles. The van der Waals surface area contributed by atoms with Gasteiger partial charge in [0, 0.05) is 10.6 Å². The zero-order valence-corrected chi connectivity index (χ0v) is 15.7. The molecule has 0 N–H and O–H groups in total. The van der Waals surface area contributed by atoms with Crippen LogP contribution < -0.4 is 4.90 Å². The largest absolute Gasteiger partial charge is 0.462 e. The van der Waals surface area contributed by atoms with Gasteiger partial charge in [0.05, 0.1) is 23.4 Å². The maximum absolute atomic E-state index is 12.8. The van der Waals surface area contributed by atoms with Crippen LogP contribution in [0.25, 0.3) is 6.08 Å². The van der Waals surface area contributed by atoms with Crippen molar-refractivity contribution in [3.63, 3.8) is 0 Å². The summed E-state index contributed by atoms with van der Waals surface area (Å²) in [6, 6.07) is 12.5. The van der Waals surface area contributed by atoms with Crippen molar-refractivity contribution < 1.29 is 14.3 Å². The van der Waals surface area contributed by atoms with E-state index in [0.29, 0.717) is 29.0 Å². The zero-order chi connectivity index (χ0) is 17.7. The molecule has 2 rings (SSSR count). The van der Waals surface area contributed by atoms with Gasteiger partial charge in [-0.1, -0.05) is 24.8 Å². The second kappa shape index (κ2) is 8.10. The third-order valence-corrected chi connectivity index (χ3v) is 4.47. The van der Waals surface area contributed by atoms with Crippen LogP contribution in [0.1, 0.15) is 33.2 Å². The fourth-order valence-corrected chi connectivity index (χ4v) is 2.91. The Labute approximate surface area is 155 Å². The van der Waals surface area contributed by atoms with Gasteiger partial charge in [-0.05, 0) is 65.4 Å². The quantitative estimate of drug-likeness (QED) is 0.517. The lowest BCUT2D eigenvalue weighted by atomic mass is 10.1. The maximum Gasteiger partial charge on any atom is 0.338 e. The van der Waals surface area contributed by atoms with Crippen molar-refractivity contribution in [2.45, 2.75) is 6.92 Å². The molecule has 0 bridgehead atoms. The molecule has 24 heavy (non-hydrogen) atoms. The third-order valence-electron chi connectivity index (χ3n) is 3.53. The van der Waals surface area contributed by atoms with Gasteiger partial charge in [0.25, 0.3) is 5.91 Å². The fourth-order valence-electron chi connectivity index (χ4n) is 2.29. The minimum Gasteiger partial charge on any atom is -0.462 e. The number of hydrogen-bond donors (Lipinski definition) is 0. The smallest absolute Gasteiger partial charge is 0.338 e. The lowest BCUT2D eigenvalue weighted by Crippen LogP contribution is -2.27. The zero-order valence-electron chi connectivity index (χ0n) is 13.6. The van der Waals surface area contributed by atoms with E-state index < -0.39 is 5.97 Å². The first-order chi connectivity index (χ1) is 11.5. The molecule has 0 saturated carbocycles. The minimum absolute atomic E-state index is 0.119. The molecule has 0 fully saturated rings. The number of ether oxygens (including phenoxy) is 1. The predicted octanol–water partition coefficient (Wildman–Crippen LogP) is 4.39. The van der Waals surface area contributed by atoms with Crippen molar-refractivity contribution in [3.8, 4) is 0 Å². The summed E-state index contributed by atoms with van der Waals surface area (Å²) in [7, 11) is 1.71. The first kappa shape index (κ1) is 18.2. The van der Waals surface area contributed by atoms with Crippen LogP contribution in [0, 0.1) is 3.57 Å². The van der Waals surface area contributed by atoms with Crippen molar-refractivity contribution in [3.05, 3.63) is 69.3 Å². The summed E-state index contributed by atoms with van der Waals surface area (Å²) in [5, 5.41) is 0. The number of carbonyl (C=O) groups is 2. The number of halogens is 1. The molecule has 0 saturated heterocycles. The van der Waals surface area contributed by atoms with E-state index in [2.05, 4.69) is 29.2 Å². The molecule has 4 nitrogen and oxygen atoms in total. The third kappa shape index (κ3) is 3.84. The van der Waals surface area contributed by atoms with Crippen LogP contribution in [0.3, 0.4) is 0 Å². The van der Waals surface area contributed by atoms with Gasteiger partial charge in [-0.2, -0.15) is 0 Å². The van der Waals surface area contributed by atoms with E-state index in [1.807, 2.05) is 18.2 Å². The molecule has 0 spiro atoms. The first-order valence-electron chi connectivity index (χ1n) is 7.45. The standard InChI is InChI=1S/C19H18INO3/c1-4-13-12-14(19(23)24-5-2)10-11-17(13)21(3)18(22)15-8-6-7-9-16(15)20/h4,6-12H,1,5H2,2-3H3. The summed E-state index contributed by atoms with van der Waals surface area (Å²) >= 11 is 2.14. The summed E-state index contributed by atoms with van der Waals surface area (Å²) in [5.41, 5.74) is 2.45. The Bertz CT molecular complexity index is 786. The highest BCUT2D eigenvalue weighted by molar-refractivity contribution is 14.1. The highest BCUT2D eigenvalue weighted by Gasteiger charge is 2.19. The molecule has 0 radical (unpaired) electrons. The van der Waals surface area contributed by atoms with Crippen LogP contribution in [0.5, 0.6) is 0 Å². The highest BCUT2D eigenvalue weighted by Crippen LogP contribution is 2.25. The molecular formula is C19H18INO3. The van der Waals surface area contributed by atoms with E-state index in [-0.39, 0.29) is 5.91 Å². The van der Waals surface area contributed by atoms with Gasteiger partial charge < -0.3 is 9.64 Å². The Hall–Kier alpha value is -2.15. The Kier molecular flexibility index (Phi) is 6.14. The van der Waals surface area contributed by atoms with Crippen molar-refractivity contribution in [2.75, 3.05) is 18.6 Å². The van der Waals surface area contributed by atoms with E-state index in [1.165, 1.54) is 0 Å². The van der Waals surface area contributed by atoms with Crippen LogP contribution in [0.15, 0.2) is 49.0 Å². The number of anilines is 1. The second-order valence-corrected chi connectivity index (χ2v) is 6.20. The monoisotopic (exact) mass is 435 g/mol. The number of benzene rings is 2. The van der Waals surface area contributed by atoms with Gasteiger partial charge in [0.2, 0.25) is 0 Å². The van der Waals surface area contributed by atoms with E-state index in [9.17, 15) is 9.59 Å². The molecule has 0 aliphatic rings. The Morgan fingerprint density at radius 1 is 1.25 bits per heavy atom. The van der Waals surface area contributed by atoms with Crippen molar-refractivity contribution in [1.29, 1.82) is 0 Å². The van der Waals surface area contributed by atoms with Crippen LogP contribution >= 0.6 is 22.6 Å². The Morgan fingerprint density at radius 3 is 2.58 bits per heavy atom. The van der Waals surface area contributed by atoms with Gasteiger partial charge in [-0.3, -0.25) is 4.79 Å². The van der Waals surface area contributed by atoms with E-state index >= 15 is 0 Å². The molecule has 5 heteroatoms. The SMILES string of the molecule is C=Cc1cc(C(=O)OCC)ccc1N(C)C(=O)c1ccccc1I. The molecule has 0 aliphatic heterocycles. The summed E-state index contributed by atoms with van der Waals surface area (Å²) in [4.78, 5) is 26.2. The predicted molar refractivity (Wildman–Crippen MR) is 104 cm³/mol. The average molecular weight is 435 g/mol. The van der Waals surface area contributed by atoms with Gasteiger partial charge in [-0.15, -0.1) is 0 Å². The molecule has 124 valence electrons. The van der Waals surface area contributed by atoms with Gasteiger partial charge >= 0.3 is 5.97 Å². The second-order valence-electron chi connectivity index (χ2n) is 5.04. The Balaban J connectivity index is 2.37. The van der Waals surface area contributed by atoms with Gasteiger partial charge in [0.1, 0.15) is 0 Å². The van der Waals surface area contributed by atoms with Crippen LogP contribution in [0.2, 0.25) is 0 Å². The number of amides is 1. The van der Waals surface area contributed by atoms with Crippen LogP contribution in [-0.4, -0.2) is 25.5 Å². The molecule has 0 heterocycles.